The number of aromatic nitrogens is 1. The van der Waals surface area contributed by atoms with E-state index in [0.29, 0.717) is 17.1 Å². The van der Waals surface area contributed by atoms with Crippen molar-refractivity contribution >= 4 is 29.3 Å². The van der Waals surface area contributed by atoms with Crippen LogP contribution in [0.25, 0.3) is 0 Å². The lowest BCUT2D eigenvalue weighted by Crippen LogP contribution is -1.99. The molecule has 0 aliphatic heterocycles. The van der Waals surface area contributed by atoms with Crippen LogP contribution in [-0.4, -0.2) is 29.8 Å². The summed E-state index contributed by atoms with van der Waals surface area (Å²) < 4.78 is 10.4. The van der Waals surface area contributed by atoms with Gasteiger partial charge in [0.15, 0.2) is 18.1 Å². The number of nitro groups is 1. The maximum atomic E-state index is 10.6. The molecular weight excluding hydrogens is 350 g/mol. The molecule has 2 aromatic rings. The number of nitrogens with zero attached hydrogens (tertiary/aromatic N) is 4. The van der Waals surface area contributed by atoms with Gasteiger partial charge in [0, 0.05) is 6.07 Å². The molecular formula is C15H12ClN5O4. The van der Waals surface area contributed by atoms with Crippen molar-refractivity contribution in [3.63, 3.8) is 0 Å². The predicted molar refractivity (Wildman–Crippen MR) is 91.2 cm³/mol. The normalized spacial score (nSPS) is 10.3. The van der Waals surface area contributed by atoms with Crippen molar-refractivity contribution in [1.82, 2.24) is 4.98 Å². The van der Waals surface area contributed by atoms with Crippen LogP contribution >= 0.6 is 11.6 Å². The molecule has 1 aromatic heterocycles. The van der Waals surface area contributed by atoms with Crippen molar-refractivity contribution in [1.29, 1.82) is 5.26 Å². The number of anilines is 1. The van der Waals surface area contributed by atoms with E-state index in [0.717, 1.165) is 6.20 Å². The van der Waals surface area contributed by atoms with Gasteiger partial charge in [-0.05, 0) is 23.8 Å². The lowest BCUT2D eigenvalue weighted by molar-refractivity contribution is -0.385. The van der Waals surface area contributed by atoms with E-state index in [9.17, 15) is 10.1 Å². The van der Waals surface area contributed by atoms with Gasteiger partial charge in [0.05, 0.1) is 23.3 Å². The summed E-state index contributed by atoms with van der Waals surface area (Å²) in [5.41, 5.74) is 3.14. The first-order valence-corrected chi connectivity index (χ1v) is 7.19. The molecule has 0 saturated carbocycles. The summed E-state index contributed by atoms with van der Waals surface area (Å²) in [4.78, 5) is 13.9. The van der Waals surface area contributed by atoms with E-state index in [2.05, 4.69) is 15.5 Å². The van der Waals surface area contributed by atoms with E-state index in [4.69, 9.17) is 26.3 Å². The van der Waals surface area contributed by atoms with Crippen LogP contribution in [0.2, 0.25) is 5.02 Å². The van der Waals surface area contributed by atoms with Gasteiger partial charge in [0.2, 0.25) is 0 Å². The summed E-state index contributed by atoms with van der Waals surface area (Å²) in [6.07, 6.45) is 2.59. The van der Waals surface area contributed by atoms with Gasteiger partial charge in [-0.1, -0.05) is 11.6 Å². The average Bonchev–Trinajstić information content (AvgIpc) is 2.61. The Morgan fingerprint density at radius 2 is 2.32 bits per heavy atom. The van der Waals surface area contributed by atoms with E-state index in [1.165, 1.54) is 25.5 Å². The fourth-order valence-corrected chi connectivity index (χ4v) is 2.07. The van der Waals surface area contributed by atoms with Gasteiger partial charge in [-0.25, -0.2) is 4.98 Å². The van der Waals surface area contributed by atoms with Gasteiger partial charge in [-0.15, -0.1) is 0 Å². The molecule has 0 saturated heterocycles. The maximum absolute atomic E-state index is 10.6. The largest absolute Gasteiger partial charge is 0.493 e. The van der Waals surface area contributed by atoms with E-state index < -0.39 is 4.92 Å². The van der Waals surface area contributed by atoms with Crippen LogP contribution in [0.3, 0.4) is 0 Å². The van der Waals surface area contributed by atoms with Crippen molar-refractivity contribution in [2.45, 2.75) is 0 Å². The minimum absolute atomic E-state index is 0.112. The van der Waals surface area contributed by atoms with Crippen molar-refractivity contribution in [3.05, 3.63) is 51.2 Å². The molecule has 25 heavy (non-hydrogen) atoms. The Hall–Kier alpha value is -3.38. The smallest absolute Gasteiger partial charge is 0.287 e. The first kappa shape index (κ1) is 18.0. The number of hydrogen-bond acceptors (Lipinski definition) is 8. The SMILES string of the molecule is COc1cc(/C=N\Nc2ccc([N+](=O)[O-])cn2)cc(Cl)c1OCC#N. The lowest BCUT2D eigenvalue weighted by atomic mass is 10.2. The third-order valence-electron chi connectivity index (χ3n) is 2.88. The zero-order chi connectivity index (χ0) is 18.2. The zero-order valence-electron chi connectivity index (χ0n) is 13.0. The highest BCUT2D eigenvalue weighted by molar-refractivity contribution is 6.32. The summed E-state index contributed by atoms with van der Waals surface area (Å²) in [7, 11) is 1.45. The molecule has 1 N–H and O–H groups in total. The first-order valence-electron chi connectivity index (χ1n) is 6.82. The highest BCUT2D eigenvalue weighted by Gasteiger charge is 2.11. The van der Waals surface area contributed by atoms with E-state index in [1.54, 1.807) is 12.1 Å². The third-order valence-corrected chi connectivity index (χ3v) is 3.16. The number of pyridine rings is 1. The number of methoxy groups -OCH3 is 1. The minimum atomic E-state index is -0.537. The number of rotatable bonds is 7. The molecule has 1 heterocycles. The van der Waals surface area contributed by atoms with Crippen LogP contribution in [0.4, 0.5) is 11.5 Å². The molecule has 0 aliphatic carbocycles. The molecule has 2 rings (SSSR count). The van der Waals surface area contributed by atoms with Crippen molar-refractivity contribution in [3.8, 4) is 17.6 Å². The fraction of sp³-hybridized carbons (Fsp3) is 0.133. The van der Waals surface area contributed by atoms with Gasteiger partial charge in [0.25, 0.3) is 5.69 Å². The average molecular weight is 362 g/mol. The second-order valence-electron chi connectivity index (χ2n) is 4.51. The van der Waals surface area contributed by atoms with Crippen molar-refractivity contribution < 1.29 is 14.4 Å². The van der Waals surface area contributed by atoms with Gasteiger partial charge < -0.3 is 9.47 Å². The van der Waals surface area contributed by atoms with Crippen LogP contribution in [-0.2, 0) is 0 Å². The molecule has 0 radical (unpaired) electrons. The van der Waals surface area contributed by atoms with Crippen LogP contribution in [0.5, 0.6) is 11.5 Å². The standard InChI is InChI=1S/C15H12ClN5O4/c1-24-13-7-10(6-12(16)15(13)25-5-4-17)8-19-20-14-3-2-11(9-18-14)21(22)23/h2-3,6-9H,5H2,1H3,(H,18,20)/b19-8-. The molecule has 128 valence electrons. The molecule has 10 heteroatoms. The molecule has 0 amide bonds. The van der Waals surface area contributed by atoms with Crippen LogP contribution in [0.1, 0.15) is 5.56 Å². The summed E-state index contributed by atoms with van der Waals surface area (Å²) in [5, 5.41) is 23.4. The second-order valence-corrected chi connectivity index (χ2v) is 4.92. The van der Waals surface area contributed by atoms with Crippen molar-refractivity contribution in [2.75, 3.05) is 19.1 Å². The summed E-state index contributed by atoms with van der Waals surface area (Å²) in [5.74, 6) is 0.972. The highest BCUT2D eigenvalue weighted by Crippen LogP contribution is 2.35. The number of nitriles is 1. The van der Waals surface area contributed by atoms with E-state index in [-0.39, 0.29) is 23.1 Å². The highest BCUT2D eigenvalue weighted by atomic mass is 35.5. The van der Waals surface area contributed by atoms with Crippen LogP contribution < -0.4 is 14.9 Å². The number of hydrogen-bond donors (Lipinski definition) is 1. The summed E-state index contributed by atoms with van der Waals surface area (Å²) >= 11 is 6.12. The lowest BCUT2D eigenvalue weighted by Gasteiger charge is -2.11. The summed E-state index contributed by atoms with van der Waals surface area (Å²) in [6, 6.07) is 7.82. The number of nitrogens with one attached hydrogen (secondary N) is 1. The number of hydrazone groups is 1. The van der Waals surface area contributed by atoms with Gasteiger partial charge in [-0.3, -0.25) is 15.5 Å². The quantitative estimate of drug-likeness (QED) is 0.456. The topological polar surface area (TPSA) is 123 Å². The molecule has 1 aromatic carbocycles. The Bertz CT molecular complexity index is 833. The van der Waals surface area contributed by atoms with Gasteiger partial charge in [-0.2, -0.15) is 10.4 Å². The monoisotopic (exact) mass is 361 g/mol. The second kappa shape index (κ2) is 8.47. The Labute approximate surface area is 147 Å². The van der Waals surface area contributed by atoms with E-state index in [1.807, 2.05) is 6.07 Å². The fourth-order valence-electron chi connectivity index (χ4n) is 1.79. The Balaban J connectivity index is 2.11. The molecule has 0 fully saturated rings. The molecule has 0 atom stereocenters. The summed E-state index contributed by atoms with van der Waals surface area (Å²) in [6.45, 7) is -0.156. The zero-order valence-corrected chi connectivity index (χ0v) is 13.7. The van der Waals surface area contributed by atoms with Crippen molar-refractivity contribution in [2.24, 2.45) is 5.10 Å². The van der Waals surface area contributed by atoms with Crippen LogP contribution in [0, 0.1) is 21.4 Å². The Morgan fingerprint density at radius 3 is 2.92 bits per heavy atom. The predicted octanol–water partition coefficient (Wildman–Crippen LogP) is 3.00. The molecule has 0 bridgehead atoms. The first-order chi connectivity index (χ1) is 12.0. The Morgan fingerprint density at radius 1 is 1.52 bits per heavy atom. The maximum Gasteiger partial charge on any atom is 0.287 e. The molecule has 0 aliphatic rings. The van der Waals surface area contributed by atoms with E-state index >= 15 is 0 Å². The molecule has 0 unspecified atom stereocenters. The van der Waals surface area contributed by atoms with Gasteiger partial charge in [0.1, 0.15) is 18.1 Å². The number of ether oxygens (including phenoxy) is 2. The Kier molecular flexibility index (Phi) is 6.08. The number of benzene rings is 1. The van der Waals surface area contributed by atoms with Crippen LogP contribution in [0.15, 0.2) is 35.6 Å². The molecule has 9 nitrogen and oxygen atoms in total. The van der Waals surface area contributed by atoms with Gasteiger partial charge >= 0.3 is 0 Å². The minimum Gasteiger partial charge on any atom is -0.493 e. The number of halogens is 1. The molecule has 0 spiro atoms. The third kappa shape index (κ3) is 4.79.